The number of aliphatic hydroxyl groups excluding tert-OH is 1. The first-order chi connectivity index (χ1) is 9.93. The molecule has 0 saturated heterocycles. The molecule has 6 heteroatoms. The first-order valence-corrected chi connectivity index (χ1v) is 8.14. The van der Waals surface area contributed by atoms with Crippen LogP contribution in [0.3, 0.4) is 0 Å². The predicted octanol–water partition coefficient (Wildman–Crippen LogP) is 5.19. The summed E-state index contributed by atoms with van der Waals surface area (Å²) in [4.78, 5) is 0. The van der Waals surface area contributed by atoms with Crippen LogP contribution in [0.25, 0.3) is 0 Å². The zero-order chi connectivity index (χ0) is 15.6. The van der Waals surface area contributed by atoms with E-state index >= 15 is 0 Å². The van der Waals surface area contributed by atoms with Gasteiger partial charge in [-0.25, -0.2) is 0 Å². The Morgan fingerprint density at radius 3 is 2.33 bits per heavy atom. The quantitative estimate of drug-likeness (QED) is 0.730. The predicted molar refractivity (Wildman–Crippen MR) is 92.4 cm³/mol. The fraction of sp³-hybridized carbons (Fsp3) is 0.200. The van der Waals surface area contributed by atoms with Crippen molar-refractivity contribution in [2.45, 2.75) is 12.0 Å². The normalized spacial score (nSPS) is 14.0. The highest BCUT2D eigenvalue weighted by Gasteiger charge is 2.25. The van der Waals surface area contributed by atoms with Crippen molar-refractivity contribution < 1.29 is 5.11 Å². The van der Waals surface area contributed by atoms with Crippen LogP contribution in [-0.2, 0) is 0 Å². The number of rotatable bonds is 4. The molecule has 0 aromatic heterocycles. The van der Waals surface area contributed by atoms with Crippen LogP contribution >= 0.6 is 50.7 Å². The maximum Gasteiger partial charge on any atom is 0.0885 e. The van der Waals surface area contributed by atoms with Gasteiger partial charge in [0.1, 0.15) is 0 Å². The minimum Gasteiger partial charge on any atom is -0.388 e. The molecule has 2 unspecified atom stereocenters. The molecule has 0 fully saturated rings. The molecule has 0 heterocycles. The van der Waals surface area contributed by atoms with Crippen LogP contribution in [-0.4, -0.2) is 11.7 Å². The van der Waals surface area contributed by atoms with E-state index < -0.39 is 6.10 Å². The molecule has 0 saturated carbocycles. The van der Waals surface area contributed by atoms with Crippen LogP contribution in [0.5, 0.6) is 0 Å². The summed E-state index contributed by atoms with van der Waals surface area (Å²) in [7, 11) is 0. The second kappa shape index (κ2) is 7.32. The van der Waals surface area contributed by atoms with Crippen LogP contribution in [0.2, 0.25) is 15.1 Å². The highest BCUT2D eigenvalue weighted by Crippen LogP contribution is 2.38. The highest BCUT2D eigenvalue weighted by molar-refractivity contribution is 9.10. The minimum atomic E-state index is -0.862. The van der Waals surface area contributed by atoms with Crippen molar-refractivity contribution >= 4 is 50.7 Å². The van der Waals surface area contributed by atoms with Gasteiger partial charge in [0, 0.05) is 37.6 Å². The van der Waals surface area contributed by atoms with Gasteiger partial charge < -0.3 is 10.8 Å². The van der Waals surface area contributed by atoms with Crippen molar-refractivity contribution in [3.05, 3.63) is 67.1 Å². The van der Waals surface area contributed by atoms with E-state index in [0.29, 0.717) is 20.6 Å². The van der Waals surface area contributed by atoms with Crippen molar-refractivity contribution in [1.82, 2.24) is 0 Å². The van der Waals surface area contributed by atoms with E-state index in [1.165, 1.54) is 0 Å². The average molecular weight is 410 g/mol. The molecule has 0 aliphatic heterocycles. The van der Waals surface area contributed by atoms with E-state index in [4.69, 9.17) is 40.5 Å². The number of hydrogen-bond donors (Lipinski definition) is 2. The maximum atomic E-state index is 10.7. The molecular formula is C15H13BrCl3NO. The number of benzene rings is 2. The maximum absolute atomic E-state index is 10.7. The van der Waals surface area contributed by atoms with E-state index in [9.17, 15) is 5.11 Å². The zero-order valence-electron chi connectivity index (χ0n) is 10.9. The number of halogens is 4. The summed E-state index contributed by atoms with van der Waals surface area (Å²) in [5.41, 5.74) is 7.18. The molecule has 21 heavy (non-hydrogen) atoms. The fourth-order valence-electron chi connectivity index (χ4n) is 2.19. The van der Waals surface area contributed by atoms with Gasteiger partial charge in [-0.3, -0.25) is 0 Å². The molecule has 2 aromatic carbocycles. The molecule has 0 aliphatic carbocycles. The summed E-state index contributed by atoms with van der Waals surface area (Å²) in [5.74, 6) is -0.374. The van der Waals surface area contributed by atoms with Crippen LogP contribution in [0, 0.1) is 0 Å². The van der Waals surface area contributed by atoms with Crippen LogP contribution < -0.4 is 5.73 Å². The van der Waals surface area contributed by atoms with Gasteiger partial charge in [-0.2, -0.15) is 0 Å². The van der Waals surface area contributed by atoms with E-state index in [-0.39, 0.29) is 12.5 Å². The molecule has 0 radical (unpaired) electrons. The Morgan fingerprint density at radius 1 is 1.00 bits per heavy atom. The van der Waals surface area contributed by atoms with Crippen LogP contribution in [0.15, 0.2) is 40.9 Å². The topological polar surface area (TPSA) is 46.2 Å². The van der Waals surface area contributed by atoms with Gasteiger partial charge >= 0.3 is 0 Å². The lowest BCUT2D eigenvalue weighted by Gasteiger charge is -2.24. The van der Waals surface area contributed by atoms with Gasteiger partial charge in [0.05, 0.1) is 6.10 Å². The summed E-state index contributed by atoms with van der Waals surface area (Å²) in [5, 5.41) is 12.1. The lowest BCUT2D eigenvalue weighted by atomic mass is 9.89. The molecule has 2 nitrogen and oxygen atoms in total. The summed E-state index contributed by atoms with van der Waals surface area (Å²) >= 11 is 21.7. The van der Waals surface area contributed by atoms with Gasteiger partial charge in [0.15, 0.2) is 0 Å². The largest absolute Gasteiger partial charge is 0.388 e. The molecule has 3 N–H and O–H groups in total. The Balaban J connectivity index is 2.43. The summed E-state index contributed by atoms with van der Waals surface area (Å²) in [6.45, 7) is 0.228. The van der Waals surface area contributed by atoms with Gasteiger partial charge in [0.2, 0.25) is 0 Å². The number of hydrogen-bond acceptors (Lipinski definition) is 2. The molecule has 2 aromatic rings. The average Bonchev–Trinajstić information content (AvgIpc) is 2.44. The Bertz CT molecular complexity index is 651. The third-order valence-electron chi connectivity index (χ3n) is 3.27. The molecule has 2 rings (SSSR count). The number of aliphatic hydroxyl groups is 1. The van der Waals surface area contributed by atoms with Gasteiger partial charge in [0.25, 0.3) is 0 Å². The molecular weight excluding hydrogens is 396 g/mol. The third kappa shape index (κ3) is 3.92. The van der Waals surface area contributed by atoms with Crippen molar-refractivity contribution in [2.75, 3.05) is 6.54 Å². The second-order valence-electron chi connectivity index (χ2n) is 4.62. The zero-order valence-corrected chi connectivity index (χ0v) is 14.7. The summed E-state index contributed by atoms with van der Waals surface area (Å²) < 4.78 is 0.832. The van der Waals surface area contributed by atoms with Gasteiger partial charge in [-0.05, 0) is 35.9 Å². The third-order valence-corrected chi connectivity index (χ3v) is 4.67. The van der Waals surface area contributed by atoms with Crippen molar-refractivity contribution in [2.24, 2.45) is 5.73 Å². The highest BCUT2D eigenvalue weighted by atomic mass is 79.9. The van der Waals surface area contributed by atoms with Gasteiger partial charge in [-0.15, -0.1) is 0 Å². The Morgan fingerprint density at radius 2 is 1.71 bits per heavy atom. The van der Waals surface area contributed by atoms with E-state index in [1.807, 2.05) is 6.07 Å². The molecule has 112 valence electrons. The van der Waals surface area contributed by atoms with Crippen molar-refractivity contribution in [3.63, 3.8) is 0 Å². The van der Waals surface area contributed by atoms with Crippen molar-refractivity contribution in [3.8, 4) is 0 Å². The first-order valence-electron chi connectivity index (χ1n) is 6.22. The van der Waals surface area contributed by atoms with Crippen molar-refractivity contribution in [1.29, 1.82) is 0 Å². The SMILES string of the molecule is NCC(c1ccc(Cl)cc1Cl)C(O)c1cc(Br)ccc1Cl. The second-order valence-corrected chi connectivity index (χ2v) is 6.79. The Kier molecular flexibility index (Phi) is 5.95. The molecule has 0 aliphatic rings. The first kappa shape index (κ1) is 17.1. The van der Waals surface area contributed by atoms with Crippen LogP contribution in [0.4, 0.5) is 0 Å². The standard InChI is InChI=1S/C15H13BrCl3NO/c16-8-1-4-13(18)11(5-8)15(21)12(7-20)10-3-2-9(17)6-14(10)19/h1-6,12,15,21H,7,20H2. The van der Waals surface area contributed by atoms with E-state index in [0.717, 1.165) is 10.0 Å². The van der Waals surface area contributed by atoms with Gasteiger partial charge in [-0.1, -0.05) is 56.8 Å². The summed E-state index contributed by atoms with van der Waals surface area (Å²) in [6.07, 6.45) is -0.862. The Hall–Kier alpha value is -0.290. The molecule has 2 atom stereocenters. The van der Waals surface area contributed by atoms with Crippen LogP contribution in [0.1, 0.15) is 23.1 Å². The Labute approximate surface area is 146 Å². The minimum absolute atomic E-state index is 0.228. The smallest absolute Gasteiger partial charge is 0.0885 e. The fourth-order valence-corrected chi connectivity index (χ4v) is 3.34. The summed E-state index contributed by atoms with van der Waals surface area (Å²) in [6, 6.07) is 10.4. The van der Waals surface area contributed by atoms with E-state index in [2.05, 4.69) is 15.9 Å². The monoisotopic (exact) mass is 407 g/mol. The lowest BCUT2D eigenvalue weighted by molar-refractivity contribution is 0.147. The number of nitrogens with two attached hydrogens (primary N) is 1. The van der Waals surface area contributed by atoms with E-state index in [1.54, 1.807) is 30.3 Å². The lowest BCUT2D eigenvalue weighted by Crippen LogP contribution is -2.20. The molecule has 0 amide bonds. The molecule has 0 spiro atoms. The molecule has 0 bridgehead atoms.